The van der Waals surface area contributed by atoms with E-state index in [4.69, 9.17) is 9.47 Å². The van der Waals surface area contributed by atoms with Gasteiger partial charge < -0.3 is 14.8 Å². The molecule has 0 radical (unpaired) electrons. The maximum atomic E-state index is 12.5. The van der Waals surface area contributed by atoms with Gasteiger partial charge in [0.05, 0.1) is 12.8 Å². The first-order chi connectivity index (χ1) is 12.8. The molecular formula is C19H22N2O5S. The number of rotatable bonds is 6. The van der Waals surface area contributed by atoms with Gasteiger partial charge >= 0.3 is 0 Å². The highest BCUT2D eigenvalue weighted by Crippen LogP contribution is 2.32. The van der Waals surface area contributed by atoms with E-state index in [-0.39, 0.29) is 6.54 Å². The van der Waals surface area contributed by atoms with E-state index in [9.17, 15) is 13.2 Å². The zero-order valence-electron chi connectivity index (χ0n) is 15.2. The van der Waals surface area contributed by atoms with Crippen molar-refractivity contribution in [1.82, 2.24) is 4.31 Å². The molecule has 27 heavy (non-hydrogen) atoms. The number of anilines is 1. The van der Waals surface area contributed by atoms with Crippen molar-refractivity contribution in [2.24, 2.45) is 0 Å². The molecule has 0 fully saturated rings. The van der Waals surface area contributed by atoms with Gasteiger partial charge in [-0.15, -0.1) is 0 Å². The minimum Gasteiger partial charge on any atom is -0.486 e. The van der Waals surface area contributed by atoms with Crippen molar-refractivity contribution < 1.29 is 22.7 Å². The Kier molecular flexibility index (Phi) is 5.67. The van der Waals surface area contributed by atoms with Gasteiger partial charge in [-0.05, 0) is 24.6 Å². The summed E-state index contributed by atoms with van der Waals surface area (Å²) in [6.07, 6.45) is 1.10. The third-order valence-corrected chi connectivity index (χ3v) is 5.56. The second-order valence-corrected chi connectivity index (χ2v) is 8.24. The predicted molar refractivity (Wildman–Crippen MR) is 102 cm³/mol. The van der Waals surface area contributed by atoms with Gasteiger partial charge in [0, 0.05) is 17.8 Å². The summed E-state index contributed by atoms with van der Waals surface area (Å²) in [7, 11) is -3.59. The van der Waals surface area contributed by atoms with Crippen LogP contribution < -0.4 is 14.8 Å². The van der Waals surface area contributed by atoms with Gasteiger partial charge in [-0.25, -0.2) is 8.42 Å². The van der Waals surface area contributed by atoms with Gasteiger partial charge in [0.25, 0.3) is 0 Å². The van der Waals surface area contributed by atoms with E-state index in [1.54, 1.807) is 25.1 Å². The average Bonchev–Trinajstić information content (AvgIpc) is 2.65. The topological polar surface area (TPSA) is 84.9 Å². The number of ether oxygens (including phenoxy) is 2. The Bertz CT molecular complexity index is 915. The summed E-state index contributed by atoms with van der Waals surface area (Å²) in [5.74, 6) is 0.742. The molecule has 2 aromatic carbocycles. The molecule has 3 rings (SSSR count). The normalized spacial score (nSPS) is 14.6. The number of carbonyl (C=O) groups is 1. The van der Waals surface area contributed by atoms with Gasteiger partial charge in [-0.2, -0.15) is 4.31 Å². The molecule has 144 valence electrons. The van der Waals surface area contributed by atoms with Crippen LogP contribution in [-0.2, 0) is 14.8 Å². The summed E-state index contributed by atoms with van der Waals surface area (Å²) >= 11 is 0. The Labute approximate surface area is 158 Å². The standard InChI is InChI=1S/C19H22N2O5S/c1-14(15-6-4-3-5-7-15)21(27(2,23)24)13-19(22)20-16-8-9-17-18(12-16)26-11-10-25-17/h3-9,12,14H,10-11,13H2,1-2H3,(H,20,22). The minimum atomic E-state index is -3.59. The number of amides is 1. The number of carbonyl (C=O) groups excluding carboxylic acids is 1. The summed E-state index contributed by atoms with van der Waals surface area (Å²) in [5.41, 5.74) is 1.33. The quantitative estimate of drug-likeness (QED) is 0.819. The molecule has 0 bridgehead atoms. The van der Waals surface area contributed by atoms with Crippen LogP contribution in [0.1, 0.15) is 18.5 Å². The monoisotopic (exact) mass is 390 g/mol. The number of sulfonamides is 1. The predicted octanol–water partition coefficient (Wildman–Crippen LogP) is 2.42. The SMILES string of the molecule is CC(c1ccccc1)N(CC(=O)Nc1ccc2c(c1)OCCO2)S(C)(=O)=O. The largest absolute Gasteiger partial charge is 0.486 e. The molecule has 1 aliphatic heterocycles. The van der Waals surface area contributed by atoms with Crippen LogP contribution >= 0.6 is 0 Å². The molecule has 1 heterocycles. The Morgan fingerprint density at radius 3 is 2.44 bits per heavy atom. The lowest BCUT2D eigenvalue weighted by molar-refractivity contribution is -0.116. The Morgan fingerprint density at radius 1 is 1.11 bits per heavy atom. The summed E-state index contributed by atoms with van der Waals surface area (Å²) in [6, 6.07) is 13.8. The molecule has 0 saturated carbocycles. The van der Waals surface area contributed by atoms with Crippen LogP contribution in [0.4, 0.5) is 5.69 Å². The number of hydrogen-bond donors (Lipinski definition) is 1. The van der Waals surface area contributed by atoms with Crippen molar-refractivity contribution in [2.45, 2.75) is 13.0 Å². The van der Waals surface area contributed by atoms with Gasteiger partial charge in [0.15, 0.2) is 11.5 Å². The van der Waals surface area contributed by atoms with Gasteiger partial charge in [-0.3, -0.25) is 4.79 Å². The van der Waals surface area contributed by atoms with Crippen LogP contribution in [0.3, 0.4) is 0 Å². The molecule has 0 spiro atoms. The lowest BCUT2D eigenvalue weighted by Gasteiger charge is -2.26. The molecular weight excluding hydrogens is 368 g/mol. The fourth-order valence-corrected chi connectivity index (χ4v) is 3.95. The van der Waals surface area contributed by atoms with Crippen LogP contribution in [-0.4, -0.2) is 44.6 Å². The molecule has 1 aliphatic rings. The third-order valence-electron chi connectivity index (χ3n) is 4.27. The van der Waals surface area contributed by atoms with Gasteiger partial charge in [-0.1, -0.05) is 30.3 Å². The van der Waals surface area contributed by atoms with Crippen molar-refractivity contribution in [3.63, 3.8) is 0 Å². The summed E-state index contributed by atoms with van der Waals surface area (Å²) in [4.78, 5) is 12.5. The smallest absolute Gasteiger partial charge is 0.239 e. The fraction of sp³-hybridized carbons (Fsp3) is 0.316. The summed E-state index contributed by atoms with van der Waals surface area (Å²) in [6.45, 7) is 2.40. The molecule has 1 N–H and O–H groups in total. The first-order valence-electron chi connectivity index (χ1n) is 8.56. The highest BCUT2D eigenvalue weighted by molar-refractivity contribution is 7.88. The minimum absolute atomic E-state index is 0.288. The molecule has 8 heteroatoms. The summed E-state index contributed by atoms with van der Waals surface area (Å²) < 4.78 is 36.6. The number of nitrogens with zero attached hydrogens (tertiary/aromatic N) is 1. The van der Waals surface area contributed by atoms with E-state index in [1.807, 2.05) is 30.3 Å². The first-order valence-corrected chi connectivity index (χ1v) is 10.4. The van der Waals surface area contributed by atoms with Crippen LogP contribution in [0, 0.1) is 0 Å². The van der Waals surface area contributed by atoms with Crippen molar-refractivity contribution in [2.75, 3.05) is 31.3 Å². The van der Waals surface area contributed by atoms with E-state index in [2.05, 4.69) is 5.32 Å². The van der Waals surface area contributed by atoms with Gasteiger partial charge in [0.2, 0.25) is 15.9 Å². The van der Waals surface area contributed by atoms with Crippen molar-refractivity contribution >= 4 is 21.6 Å². The van der Waals surface area contributed by atoms with Crippen LogP contribution in [0.5, 0.6) is 11.5 Å². The first kappa shape index (κ1) is 19.2. The maximum Gasteiger partial charge on any atom is 0.239 e. The molecule has 0 saturated heterocycles. The van der Waals surface area contributed by atoms with Crippen LogP contribution in [0.25, 0.3) is 0 Å². The number of benzene rings is 2. The molecule has 0 aliphatic carbocycles. The fourth-order valence-electron chi connectivity index (χ4n) is 2.90. The van der Waals surface area contributed by atoms with Crippen LogP contribution in [0.2, 0.25) is 0 Å². The maximum absolute atomic E-state index is 12.5. The number of nitrogens with one attached hydrogen (secondary N) is 1. The zero-order chi connectivity index (χ0) is 19.4. The Hall–Kier alpha value is -2.58. The van der Waals surface area contributed by atoms with E-state index < -0.39 is 22.0 Å². The summed E-state index contributed by atoms with van der Waals surface area (Å²) in [5, 5.41) is 2.72. The molecule has 1 unspecified atom stereocenters. The third kappa shape index (κ3) is 4.78. The van der Waals surface area contributed by atoms with Crippen molar-refractivity contribution in [3.8, 4) is 11.5 Å². The number of hydrogen-bond acceptors (Lipinski definition) is 5. The van der Waals surface area contributed by atoms with Crippen molar-refractivity contribution in [3.05, 3.63) is 54.1 Å². The molecule has 7 nitrogen and oxygen atoms in total. The molecule has 1 atom stereocenters. The highest BCUT2D eigenvalue weighted by atomic mass is 32.2. The lowest BCUT2D eigenvalue weighted by Crippen LogP contribution is -2.39. The highest BCUT2D eigenvalue weighted by Gasteiger charge is 2.27. The molecule has 0 aromatic heterocycles. The lowest BCUT2D eigenvalue weighted by atomic mass is 10.1. The second-order valence-electron chi connectivity index (χ2n) is 6.30. The van der Waals surface area contributed by atoms with Crippen LogP contribution in [0.15, 0.2) is 48.5 Å². The van der Waals surface area contributed by atoms with Gasteiger partial charge in [0.1, 0.15) is 13.2 Å². The van der Waals surface area contributed by atoms with E-state index in [0.717, 1.165) is 11.8 Å². The second kappa shape index (κ2) is 7.98. The van der Waals surface area contributed by atoms with E-state index in [1.165, 1.54) is 4.31 Å². The van der Waals surface area contributed by atoms with E-state index >= 15 is 0 Å². The molecule has 2 aromatic rings. The molecule has 1 amide bonds. The average molecular weight is 390 g/mol. The van der Waals surface area contributed by atoms with E-state index in [0.29, 0.717) is 30.4 Å². The number of fused-ring (bicyclic) bond motifs is 1. The zero-order valence-corrected chi connectivity index (χ0v) is 16.0. The Morgan fingerprint density at radius 2 is 1.78 bits per heavy atom. The van der Waals surface area contributed by atoms with Crippen molar-refractivity contribution in [1.29, 1.82) is 0 Å². The Balaban J connectivity index is 1.73.